The van der Waals surface area contributed by atoms with Gasteiger partial charge in [-0.05, 0) is 12.1 Å². The lowest BCUT2D eigenvalue weighted by molar-refractivity contribution is 0.0695. The summed E-state index contributed by atoms with van der Waals surface area (Å²) >= 11 is 4.05. The molecule has 0 aliphatic carbocycles. The number of imidazole rings is 1. The number of hydrogen-bond donors (Lipinski definition) is 3. The van der Waals surface area contributed by atoms with Gasteiger partial charge in [-0.25, -0.2) is 9.78 Å². The van der Waals surface area contributed by atoms with Crippen LogP contribution in [0.5, 0.6) is 0 Å². The lowest BCUT2D eigenvalue weighted by Gasteiger charge is -1.99. The molecule has 0 aliphatic heterocycles. The maximum atomic E-state index is 10.8. The molecule has 1 heterocycles. The smallest absolute Gasteiger partial charge is 0.339 e. The van der Waals surface area contributed by atoms with Gasteiger partial charge in [-0.1, -0.05) is 0 Å². The van der Waals surface area contributed by atoms with Crippen molar-refractivity contribution < 1.29 is 9.90 Å². The van der Waals surface area contributed by atoms with Crippen LogP contribution in [-0.2, 0) is 0 Å². The predicted molar refractivity (Wildman–Crippen MR) is 50.3 cm³/mol. The number of benzene rings is 1. The maximum absolute atomic E-state index is 10.8. The molecule has 0 amide bonds. The van der Waals surface area contributed by atoms with E-state index in [0.717, 1.165) is 0 Å². The molecule has 0 saturated carbocycles. The molecule has 0 spiro atoms. The van der Waals surface area contributed by atoms with Crippen molar-refractivity contribution in [2.45, 2.75) is 4.90 Å². The Bertz CT molecular complexity index is 478. The topological polar surface area (TPSA) is 66.0 Å². The third-order valence-corrected chi connectivity index (χ3v) is 2.16. The number of aromatic carboxylic acids is 1. The molecular weight excluding hydrogens is 188 g/mol. The van der Waals surface area contributed by atoms with E-state index in [2.05, 4.69) is 22.6 Å². The van der Waals surface area contributed by atoms with E-state index in [1.165, 1.54) is 6.33 Å². The maximum Gasteiger partial charge on any atom is 0.339 e. The highest BCUT2D eigenvalue weighted by atomic mass is 32.1. The van der Waals surface area contributed by atoms with Crippen LogP contribution in [0, 0.1) is 0 Å². The summed E-state index contributed by atoms with van der Waals surface area (Å²) in [6, 6.07) is 3.38. The molecule has 13 heavy (non-hydrogen) atoms. The van der Waals surface area contributed by atoms with Gasteiger partial charge in [-0.3, -0.25) is 0 Å². The van der Waals surface area contributed by atoms with Crippen LogP contribution >= 0.6 is 12.6 Å². The Labute approximate surface area is 79.0 Å². The number of H-pyrrole nitrogens is 1. The number of carboxylic acid groups (broad SMARTS) is 1. The van der Waals surface area contributed by atoms with Gasteiger partial charge >= 0.3 is 5.97 Å². The number of nitrogens with zero attached hydrogens (tertiary/aromatic N) is 1. The summed E-state index contributed by atoms with van der Waals surface area (Å²) in [7, 11) is 0. The summed E-state index contributed by atoms with van der Waals surface area (Å²) in [5, 5.41) is 8.88. The van der Waals surface area contributed by atoms with Gasteiger partial charge < -0.3 is 10.1 Å². The summed E-state index contributed by atoms with van der Waals surface area (Å²) in [4.78, 5) is 18.0. The highest BCUT2D eigenvalue weighted by molar-refractivity contribution is 7.80. The quantitative estimate of drug-likeness (QED) is 0.603. The van der Waals surface area contributed by atoms with Crippen molar-refractivity contribution in [3.8, 4) is 0 Å². The Morgan fingerprint density at radius 3 is 3.00 bits per heavy atom. The fourth-order valence-electron chi connectivity index (χ4n) is 1.21. The first-order chi connectivity index (χ1) is 6.20. The molecule has 1 aromatic heterocycles. The fourth-order valence-corrected chi connectivity index (χ4v) is 1.48. The molecule has 0 unspecified atom stereocenters. The lowest BCUT2D eigenvalue weighted by Crippen LogP contribution is -1.99. The molecule has 1 aromatic carbocycles. The molecule has 0 saturated heterocycles. The molecule has 2 rings (SSSR count). The van der Waals surface area contributed by atoms with Crippen LogP contribution in [0.15, 0.2) is 23.4 Å². The molecule has 2 N–H and O–H groups in total. The second kappa shape index (κ2) is 2.77. The SMILES string of the molecule is O=C(O)c1c(S)ccc2[nH]cnc12. The van der Waals surface area contributed by atoms with Gasteiger partial charge in [0.15, 0.2) is 0 Å². The second-order valence-electron chi connectivity index (χ2n) is 2.56. The van der Waals surface area contributed by atoms with Crippen LogP contribution in [0.3, 0.4) is 0 Å². The normalized spacial score (nSPS) is 10.5. The molecule has 0 atom stereocenters. The van der Waals surface area contributed by atoms with Crippen LogP contribution in [0.1, 0.15) is 10.4 Å². The van der Waals surface area contributed by atoms with Gasteiger partial charge in [0.2, 0.25) is 0 Å². The van der Waals surface area contributed by atoms with E-state index < -0.39 is 5.97 Å². The number of carbonyl (C=O) groups is 1. The van der Waals surface area contributed by atoms with E-state index >= 15 is 0 Å². The van der Waals surface area contributed by atoms with Crippen molar-refractivity contribution in [3.63, 3.8) is 0 Å². The molecule has 5 heteroatoms. The third-order valence-electron chi connectivity index (χ3n) is 1.78. The third kappa shape index (κ3) is 1.17. The van der Waals surface area contributed by atoms with E-state index in [9.17, 15) is 4.79 Å². The summed E-state index contributed by atoms with van der Waals surface area (Å²) in [5.74, 6) is -1.01. The zero-order valence-electron chi connectivity index (χ0n) is 6.48. The van der Waals surface area contributed by atoms with Gasteiger partial charge in [-0.2, -0.15) is 0 Å². The molecule has 0 radical (unpaired) electrons. The lowest BCUT2D eigenvalue weighted by atomic mass is 10.2. The first-order valence-corrected chi connectivity index (χ1v) is 4.03. The van der Waals surface area contributed by atoms with Crippen molar-refractivity contribution in [1.29, 1.82) is 0 Å². The van der Waals surface area contributed by atoms with Crippen LogP contribution in [0.25, 0.3) is 11.0 Å². The highest BCUT2D eigenvalue weighted by Crippen LogP contribution is 2.21. The summed E-state index contributed by atoms with van der Waals surface area (Å²) in [6.07, 6.45) is 1.46. The van der Waals surface area contributed by atoms with Crippen LogP contribution in [-0.4, -0.2) is 21.0 Å². The molecule has 4 nitrogen and oxygen atoms in total. The molecule has 0 aliphatic rings. The zero-order chi connectivity index (χ0) is 9.42. The number of fused-ring (bicyclic) bond motifs is 1. The van der Waals surface area contributed by atoms with Crippen molar-refractivity contribution in [1.82, 2.24) is 9.97 Å². The van der Waals surface area contributed by atoms with Crippen molar-refractivity contribution in [2.24, 2.45) is 0 Å². The first kappa shape index (κ1) is 8.12. The average molecular weight is 194 g/mol. The van der Waals surface area contributed by atoms with Crippen molar-refractivity contribution in [2.75, 3.05) is 0 Å². The Kier molecular flexibility index (Phi) is 1.73. The Hall–Kier alpha value is -1.49. The minimum Gasteiger partial charge on any atom is -0.478 e. The number of thiol groups is 1. The van der Waals surface area contributed by atoms with Crippen LogP contribution < -0.4 is 0 Å². The Morgan fingerprint density at radius 1 is 1.54 bits per heavy atom. The molecule has 0 bridgehead atoms. The van der Waals surface area contributed by atoms with E-state index in [0.29, 0.717) is 15.9 Å². The van der Waals surface area contributed by atoms with E-state index in [1.807, 2.05) is 0 Å². The molecule has 66 valence electrons. The summed E-state index contributed by atoms with van der Waals surface area (Å²) in [6.45, 7) is 0. The van der Waals surface area contributed by atoms with Gasteiger partial charge in [0.25, 0.3) is 0 Å². The largest absolute Gasteiger partial charge is 0.478 e. The minimum atomic E-state index is -1.01. The predicted octanol–water partition coefficient (Wildman–Crippen LogP) is 1.55. The fraction of sp³-hybridized carbons (Fsp3) is 0. The van der Waals surface area contributed by atoms with Gasteiger partial charge in [-0.15, -0.1) is 12.6 Å². The van der Waals surface area contributed by atoms with E-state index in [4.69, 9.17) is 5.11 Å². The van der Waals surface area contributed by atoms with Crippen LogP contribution in [0.4, 0.5) is 0 Å². The standard InChI is InChI=1S/C8H6N2O2S/c11-8(12)6-5(13)2-1-4-7(6)10-3-9-4/h1-3,13H,(H,9,10)(H,11,12). The van der Waals surface area contributed by atoms with E-state index in [1.54, 1.807) is 12.1 Å². The molecular formula is C8H6N2O2S. The monoisotopic (exact) mass is 194 g/mol. The summed E-state index contributed by atoms with van der Waals surface area (Å²) in [5.41, 5.74) is 1.29. The van der Waals surface area contributed by atoms with Crippen LogP contribution in [0.2, 0.25) is 0 Å². The van der Waals surface area contributed by atoms with Gasteiger partial charge in [0, 0.05) is 4.90 Å². The van der Waals surface area contributed by atoms with Gasteiger partial charge in [0.1, 0.15) is 11.1 Å². The number of carboxylic acids is 1. The van der Waals surface area contributed by atoms with E-state index in [-0.39, 0.29) is 5.56 Å². The van der Waals surface area contributed by atoms with Crippen molar-refractivity contribution >= 4 is 29.6 Å². The van der Waals surface area contributed by atoms with Crippen molar-refractivity contribution in [3.05, 3.63) is 24.0 Å². The highest BCUT2D eigenvalue weighted by Gasteiger charge is 2.13. The number of aromatic amines is 1. The number of nitrogens with one attached hydrogen (secondary N) is 1. The Balaban J connectivity index is 2.88. The van der Waals surface area contributed by atoms with Gasteiger partial charge in [0.05, 0.1) is 11.8 Å². The molecule has 0 fully saturated rings. The minimum absolute atomic E-state index is 0.141. The summed E-state index contributed by atoms with van der Waals surface area (Å²) < 4.78 is 0. The average Bonchev–Trinajstić information content (AvgIpc) is 2.50. The first-order valence-electron chi connectivity index (χ1n) is 3.58. The second-order valence-corrected chi connectivity index (χ2v) is 3.05. The Morgan fingerprint density at radius 2 is 2.31 bits per heavy atom. The number of rotatable bonds is 1. The number of hydrogen-bond acceptors (Lipinski definition) is 3. The molecule has 2 aromatic rings. The zero-order valence-corrected chi connectivity index (χ0v) is 7.38. The number of aromatic nitrogens is 2.